The highest BCUT2D eigenvalue weighted by molar-refractivity contribution is 7.99. The summed E-state index contributed by atoms with van der Waals surface area (Å²) in [4.78, 5) is 1.90. The largest absolute Gasteiger partial charge is 0.872 e. The van der Waals surface area contributed by atoms with Crippen LogP contribution in [0.4, 0.5) is 0 Å². The standard InChI is InChI=1S/C27H14O3S/c28-27-20-12-23-18(17-7-3-1-6-16(17)14-29-23)13-25(20)31-24-10-9-22-19(26(24)27)11-15-5-2-4-8-21(15)30-22/h1-14H. The second-order valence-corrected chi connectivity index (χ2v) is 8.82. The van der Waals surface area contributed by atoms with Crippen LogP contribution in [0.5, 0.6) is 11.5 Å². The van der Waals surface area contributed by atoms with E-state index in [0.29, 0.717) is 22.1 Å². The van der Waals surface area contributed by atoms with Crippen LogP contribution in [0, 0.1) is 0 Å². The fraction of sp³-hybridized carbons (Fsp3) is 0. The van der Waals surface area contributed by atoms with Gasteiger partial charge in [0.1, 0.15) is 11.5 Å². The minimum Gasteiger partial charge on any atom is -0.872 e. The van der Waals surface area contributed by atoms with Crippen molar-refractivity contribution in [1.29, 1.82) is 0 Å². The van der Waals surface area contributed by atoms with Gasteiger partial charge in [0.2, 0.25) is 0 Å². The Kier molecular flexibility index (Phi) is 3.35. The molecule has 2 aliphatic heterocycles. The molecule has 3 nitrogen and oxygen atoms in total. The fourth-order valence-electron chi connectivity index (χ4n) is 4.45. The van der Waals surface area contributed by atoms with E-state index in [1.807, 2.05) is 60.7 Å². The van der Waals surface area contributed by atoms with E-state index < -0.39 is 0 Å². The predicted octanol–water partition coefficient (Wildman–Crippen LogP) is 4.78. The minimum atomic E-state index is 0.00471. The molecule has 0 fully saturated rings. The first-order valence-corrected chi connectivity index (χ1v) is 10.9. The van der Waals surface area contributed by atoms with Gasteiger partial charge in [0.25, 0.3) is 0 Å². The van der Waals surface area contributed by atoms with Gasteiger partial charge in [-0.05, 0) is 47.2 Å². The third kappa shape index (κ3) is 2.39. The normalized spacial score (nSPS) is 13.6. The van der Waals surface area contributed by atoms with Gasteiger partial charge in [-0.25, -0.2) is 4.42 Å². The Morgan fingerprint density at radius 1 is 0.806 bits per heavy atom. The highest BCUT2D eigenvalue weighted by atomic mass is 32.2. The van der Waals surface area contributed by atoms with Crippen LogP contribution in [0.25, 0.3) is 33.6 Å². The van der Waals surface area contributed by atoms with E-state index in [4.69, 9.17) is 9.15 Å². The summed E-state index contributed by atoms with van der Waals surface area (Å²) < 4.78 is 12.0. The molecule has 0 bridgehead atoms. The number of hydrogen-bond acceptors (Lipinski definition) is 3. The molecular weight excluding hydrogens is 404 g/mol. The molecule has 146 valence electrons. The molecule has 0 saturated carbocycles. The molecule has 7 rings (SSSR count). The molecule has 2 aliphatic rings. The molecule has 0 atom stereocenters. The van der Waals surface area contributed by atoms with E-state index in [0.717, 1.165) is 42.5 Å². The van der Waals surface area contributed by atoms with Crippen molar-refractivity contribution < 1.29 is 14.3 Å². The lowest BCUT2D eigenvalue weighted by Crippen LogP contribution is -2.37. The van der Waals surface area contributed by atoms with E-state index in [-0.39, 0.29) is 5.76 Å². The van der Waals surface area contributed by atoms with Crippen LogP contribution in [0.15, 0.2) is 93.3 Å². The summed E-state index contributed by atoms with van der Waals surface area (Å²) >= 11 is 1.63. The van der Waals surface area contributed by atoms with Gasteiger partial charge < -0.3 is 9.84 Å². The maximum absolute atomic E-state index is 13.7. The maximum atomic E-state index is 13.7. The predicted molar refractivity (Wildman–Crippen MR) is 121 cm³/mol. The van der Waals surface area contributed by atoms with E-state index in [1.54, 1.807) is 18.0 Å². The van der Waals surface area contributed by atoms with Crippen molar-refractivity contribution in [2.24, 2.45) is 0 Å². The van der Waals surface area contributed by atoms with Crippen LogP contribution >= 0.6 is 11.8 Å². The Hall–Kier alpha value is -3.76. The summed E-state index contributed by atoms with van der Waals surface area (Å²) in [5.41, 5.74) is 2.36. The molecule has 0 radical (unpaired) electrons. The van der Waals surface area contributed by atoms with Gasteiger partial charge in [-0.15, -0.1) is 0 Å². The molecule has 5 aromatic rings. The summed E-state index contributed by atoms with van der Waals surface area (Å²) in [6.07, 6.45) is 3.80. The number of para-hydroxylation sites is 1. The van der Waals surface area contributed by atoms with Crippen molar-refractivity contribution in [3.05, 3.63) is 101 Å². The molecule has 0 N–H and O–H groups in total. The van der Waals surface area contributed by atoms with Crippen LogP contribution in [0.3, 0.4) is 0 Å². The van der Waals surface area contributed by atoms with Crippen LogP contribution in [-0.2, 0) is 0 Å². The SMILES string of the molecule is [O-]C1=c2c(ccc3c2=Cc2ccccc2O3)Sc2cc3c(cc21)[o+]cc1ccccc13. The van der Waals surface area contributed by atoms with E-state index in [9.17, 15) is 5.11 Å². The minimum absolute atomic E-state index is 0.00471. The van der Waals surface area contributed by atoms with Gasteiger partial charge in [-0.1, -0.05) is 53.9 Å². The van der Waals surface area contributed by atoms with Crippen molar-refractivity contribution in [3.8, 4) is 11.5 Å². The smallest absolute Gasteiger partial charge is 0.361 e. The first-order valence-electron chi connectivity index (χ1n) is 10.0. The highest BCUT2D eigenvalue weighted by Crippen LogP contribution is 2.39. The molecule has 31 heavy (non-hydrogen) atoms. The number of fused-ring (bicyclic) bond motifs is 8. The quantitative estimate of drug-likeness (QED) is 0.263. The highest BCUT2D eigenvalue weighted by Gasteiger charge is 2.22. The molecule has 0 unspecified atom stereocenters. The van der Waals surface area contributed by atoms with Gasteiger partial charge in [0.05, 0.1) is 16.8 Å². The van der Waals surface area contributed by atoms with Crippen LogP contribution in [-0.4, -0.2) is 0 Å². The molecule has 0 amide bonds. The molecule has 4 heteroatoms. The summed E-state index contributed by atoms with van der Waals surface area (Å²) in [6.45, 7) is 0. The van der Waals surface area contributed by atoms with Gasteiger partial charge in [0, 0.05) is 26.0 Å². The Balaban J connectivity index is 1.56. The van der Waals surface area contributed by atoms with Crippen molar-refractivity contribution in [2.75, 3.05) is 0 Å². The number of benzene rings is 4. The number of hydrogen-bond donors (Lipinski definition) is 0. The monoisotopic (exact) mass is 418 g/mol. The van der Waals surface area contributed by atoms with Gasteiger partial charge >= 0.3 is 11.8 Å². The Bertz CT molecular complexity index is 1700. The maximum Gasteiger partial charge on any atom is 0.361 e. The van der Waals surface area contributed by atoms with Crippen molar-refractivity contribution in [3.63, 3.8) is 0 Å². The second kappa shape index (κ2) is 6.13. The van der Waals surface area contributed by atoms with Crippen molar-refractivity contribution in [2.45, 2.75) is 9.79 Å². The third-order valence-electron chi connectivity index (χ3n) is 5.94. The van der Waals surface area contributed by atoms with E-state index >= 15 is 0 Å². The topological polar surface area (TPSA) is 43.6 Å². The van der Waals surface area contributed by atoms with Crippen LogP contribution < -0.4 is 20.3 Å². The molecule has 4 aromatic carbocycles. The Morgan fingerprint density at radius 3 is 2.65 bits per heavy atom. The molecule has 0 spiro atoms. The average molecular weight is 418 g/mol. The fourth-order valence-corrected chi connectivity index (χ4v) is 5.57. The lowest BCUT2D eigenvalue weighted by molar-refractivity contribution is -0.245. The zero-order valence-corrected chi connectivity index (χ0v) is 17.0. The Labute approximate surface area is 181 Å². The van der Waals surface area contributed by atoms with Gasteiger partial charge in [0.15, 0.2) is 0 Å². The van der Waals surface area contributed by atoms with Crippen LogP contribution in [0.2, 0.25) is 0 Å². The summed E-state index contributed by atoms with van der Waals surface area (Å²) in [5.74, 6) is 1.53. The van der Waals surface area contributed by atoms with Crippen LogP contribution in [0.1, 0.15) is 11.1 Å². The van der Waals surface area contributed by atoms with Gasteiger partial charge in [-0.2, -0.15) is 0 Å². The van der Waals surface area contributed by atoms with E-state index in [1.165, 1.54) is 0 Å². The molecule has 0 aliphatic carbocycles. The van der Waals surface area contributed by atoms with E-state index in [2.05, 4.69) is 18.2 Å². The molecule has 0 saturated heterocycles. The number of ether oxygens (including phenoxy) is 1. The zero-order chi connectivity index (χ0) is 20.5. The van der Waals surface area contributed by atoms with Crippen molar-refractivity contribution in [1.82, 2.24) is 0 Å². The summed E-state index contributed by atoms with van der Waals surface area (Å²) in [6, 6.07) is 23.9. The molecule has 1 aromatic heterocycles. The summed E-state index contributed by atoms with van der Waals surface area (Å²) in [5, 5.41) is 18.4. The average Bonchev–Trinajstić information content (AvgIpc) is 2.81. The first kappa shape index (κ1) is 17.0. The Morgan fingerprint density at radius 2 is 1.68 bits per heavy atom. The second-order valence-electron chi connectivity index (χ2n) is 7.73. The summed E-state index contributed by atoms with van der Waals surface area (Å²) in [7, 11) is 0. The zero-order valence-electron chi connectivity index (χ0n) is 16.2. The van der Waals surface area contributed by atoms with Crippen molar-refractivity contribution >= 4 is 45.3 Å². The van der Waals surface area contributed by atoms with Gasteiger partial charge in [-0.3, -0.25) is 0 Å². The molecular formula is C27H14O3S. The number of rotatable bonds is 0. The lowest BCUT2D eigenvalue weighted by Gasteiger charge is -2.25. The first-order chi connectivity index (χ1) is 15.3. The third-order valence-corrected chi connectivity index (χ3v) is 7.06. The molecule has 3 heterocycles. The lowest BCUT2D eigenvalue weighted by atomic mass is 10.0.